The van der Waals surface area contributed by atoms with Crippen LogP contribution in [0, 0.1) is 11.6 Å². The number of pyridine rings is 4. The Morgan fingerprint density at radius 3 is 2.40 bits per heavy atom. The normalized spacial score (nSPS) is 11.0. The number of aromatic amines is 1. The fraction of sp³-hybridized carbons (Fsp3) is 0. The fourth-order valence-electron chi connectivity index (χ4n) is 2.69. The zero-order valence-electron chi connectivity index (χ0n) is 12.7. The summed E-state index contributed by atoms with van der Waals surface area (Å²) in [4.78, 5) is 26.9. The quantitative estimate of drug-likeness (QED) is 0.609. The van der Waals surface area contributed by atoms with Crippen molar-refractivity contribution in [3.63, 3.8) is 0 Å². The molecule has 7 heteroatoms. The summed E-state index contributed by atoms with van der Waals surface area (Å²) in [5.74, 6) is -1.66. The van der Waals surface area contributed by atoms with Gasteiger partial charge in [-0.2, -0.15) is 0 Å². The molecule has 0 radical (unpaired) electrons. The van der Waals surface area contributed by atoms with Gasteiger partial charge in [0, 0.05) is 35.8 Å². The minimum atomic E-state index is -0.830. The van der Waals surface area contributed by atoms with Gasteiger partial charge in [0.2, 0.25) is 0 Å². The first-order chi connectivity index (χ1) is 12.1. The Balaban J connectivity index is 2.14. The number of nitrogens with zero attached hydrogens (tertiary/aromatic N) is 3. The molecule has 4 heterocycles. The number of hydrogen-bond donors (Lipinski definition) is 1. The van der Waals surface area contributed by atoms with Gasteiger partial charge in [0.25, 0.3) is 0 Å². The second-order valence-electron chi connectivity index (χ2n) is 5.34. The lowest BCUT2D eigenvalue weighted by Gasteiger charge is -2.12. The summed E-state index contributed by atoms with van der Waals surface area (Å²) in [6.45, 7) is 0. The summed E-state index contributed by atoms with van der Waals surface area (Å²) in [7, 11) is 0. The third kappa shape index (κ3) is 2.55. The highest BCUT2D eigenvalue weighted by molar-refractivity contribution is 5.90. The van der Waals surface area contributed by atoms with Crippen LogP contribution in [0.5, 0.6) is 0 Å². The third-order valence-electron chi connectivity index (χ3n) is 3.82. The molecule has 4 aromatic heterocycles. The lowest BCUT2D eigenvalue weighted by atomic mass is 9.98. The number of halogens is 2. The minimum Gasteiger partial charge on any atom is -0.346 e. The molecule has 0 aliphatic heterocycles. The number of aromatic nitrogens is 4. The van der Waals surface area contributed by atoms with Gasteiger partial charge in [-0.05, 0) is 18.2 Å². The van der Waals surface area contributed by atoms with Gasteiger partial charge in [0.1, 0.15) is 5.65 Å². The summed E-state index contributed by atoms with van der Waals surface area (Å²) in [6.07, 6.45) is 6.43. The lowest BCUT2D eigenvalue weighted by Crippen LogP contribution is -2.04. The van der Waals surface area contributed by atoms with Crippen molar-refractivity contribution in [1.29, 1.82) is 0 Å². The second kappa shape index (κ2) is 5.86. The van der Waals surface area contributed by atoms with Crippen molar-refractivity contribution in [3.05, 3.63) is 77.1 Å². The SMILES string of the molecule is O=c1cc[nH]c2nc(-c3ccncc3)c(-c3c(F)cncc3F)cc12. The molecule has 25 heavy (non-hydrogen) atoms. The van der Waals surface area contributed by atoms with E-state index in [9.17, 15) is 13.6 Å². The molecule has 0 saturated carbocycles. The first kappa shape index (κ1) is 15.1. The molecular weight excluding hydrogens is 326 g/mol. The molecule has 0 aliphatic carbocycles. The van der Waals surface area contributed by atoms with Crippen LogP contribution in [-0.4, -0.2) is 19.9 Å². The van der Waals surface area contributed by atoms with Gasteiger partial charge in [0.05, 0.1) is 29.0 Å². The average Bonchev–Trinajstić information content (AvgIpc) is 2.62. The van der Waals surface area contributed by atoms with E-state index in [-0.39, 0.29) is 21.9 Å². The van der Waals surface area contributed by atoms with Crippen LogP contribution in [0.4, 0.5) is 8.78 Å². The van der Waals surface area contributed by atoms with Crippen LogP contribution in [0.1, 0.15) is 0 Å². The highest BCUT2D eigenvalue weighted by atomic mass is 19.1. The van der Waals surface area contributed by atoms with Crippen LogP contribution in [-0.2, 0) is 0 Å². The van der Waals surface area contributed by atoms with E-state index in [0.717, 1.165) is 12.4 Å². The van der Waals surface area contributed by atoms with Gasteiger partial charge in [0.15, 0.2) is 17.1 Å². The molecular formula is C18H10F2N4O. The van der Waals surface area contributed by atoms with E-state index in [4.69, 9.17) is 0 Å². The highest BCUT2D eigenvalue weighted by Gasteiger charge is 2.19. The van der Waals surface area contributed by atoms with Crippen molar-refractivity contribution in [2.45, 2.75) is 0 Å². The largest absolute Gasteiger partial charge is 0.346 e. The first-order valence-electron chi connectivity index (χ1n) is 7.37. The van der Waals surface area contributed by atoms with Gasteiger partial charge in [-0.15, -0.1) is 0 Å². The third-order valence-corrected chi connectivity index (χ3v) is 3.82. The Hall–Kier alpha value is -3.48. The minimum absolute atomic E-state index is 0.174. The van der Waals surface area contributed by atoms with Crippen molar-refractivity contribution in [2.75, 3.05) is 0 Å². The van der Waals surface area contributed by atoms with Crippen LogP contribution < -0.4 is 5.43 Å². The molecule has 4 rings (SSSR count). The molecule has 0 amide bonds. The molecule has 122 valence electrons. The van der Waals surface area contributed by atoms with E-state index in [1.165, 1.54) is 18.3 Å². The molecule has 0 saturated heterocycles. The Bertz CT molecular complexity index is 1120. The van der Waals surface area contributed by atoms with Gasteiger partial charge >= 0.3 is 0 Å². The maximum atomic E-state index is 14.3. The first-order valence-corrected chi connectivity index (χ1v) is 7.37. The Morgan fingerprint density at radius 2 is 1.68 bits per heavy atom. The standard InChI is InChI=1S/C18H10F2N4O/c19-13-8-22-9-14(20)16(13)12-7-11-15(25)3-6-23-18(11)24-17(12)10-1-4-21-5-2-10/h1-9H,(H,23,24,25). The number of rotatable bonds is 2. The molecule has 0 aliphatic rings. The van der Waals surface area contributed by atoms with Gasteiger partial charge in [-0.1, -0.05) is 0 Å². The molecule has 5 nitrogen and oxygen atoms in total. The Kier molecular flexibility index (Phi) is 3.53. The Labute approximate surface area is 140 Å². The number of fused-ring (bicyclic) bond motifs is 1. The van der Waals surface area contributed by atoms with E-state index in [2.05, 4.69) is 19.9 Å². The van der Waals surface area contributed by atoms with E-state index in [0.29, 0.717) is 16.9 Å². The van der Waals surface area contributed by atoms with Crippen molar-refractivity contribution >= 4 is 11.0 Å². The summed E-state index contributed by atoms with van der Waals surface area (Å²) in [5.41, 5.74) is 0.886. The predicted molar refractivity (Wildman–Crippen MR) is 88.7 cm³/mol. The van der Waals surface area contributed by atoms with Gasteiger partial charge in [-0.25, -0.2) is 13.8 Å². The maximum Gasteiger partial charge on any atom is 0.191 e. The van der Waals surface area contributed by atoms with Gasteiger partial charge < -0.3 is 4.98 Å². The molecule has 0 spiro atoms. The Morgan fingerprint density at radius 1 is 0.960 bits per heavy atom. The molecule has 0 unspecified atom stereocenters. The van der Waals surface area contributed by atoms with E-state index >= 15 is 0 Å². The van der Waals surface area contributed by atoms with Gasteiger partial charge in [-0.3, -0.25) is 14.8 Å². The number of hydrogen-bond acceptors (Lipinski definition) is 4. The van der Waals surface area contributed by atoms with Crippen molar-refractivity contribution in [1.82, 2.24) is 19.9 Å². The fourth-order valence-corrected chi connectivity index (χ4v) is 2.69. The topological polar surface area (TPSA) is 71.5 Å². The van der Waals surface area contributed by atoms with Crippen LogP contribution in [0.25, 0.3) is 33.4 Å². The van der Waals surface area contributed by atoms with Crippen LogP contribution in [0.2, 0.25) is 0 Å². The molecule has 0 bridgehead atoms. The smallest absolute Gasteiger partial charge is 0.191 e. The summed E-state index contributed by atoms with van der Waals surface area (Å²) < 4.78 is 28.6. The second-order valence-corrected chi connectivity index (χ2v) is 5.34. The summed E-state index contributed by atoms with van der Waals surface area (Å²) in [6, 6.07) is 6.13. The van der Waals surface area contributed by atoms with Crippen LogP contribution in [0.15, 0.2) is 60.0 Å². The zero-order chi connectivity index (χ0) is 17.4. The molecule has 4 aromatic rings. The maximum absolute atomic E-state index is 14.3. The number of nitrogens with one attached hydrogen (secondary N) is 1. The highest BCUT2D eigenvalue weighted by Crippen LogP contribution is 2.34. The predicted octanol–water partition coefficient (Wildman–Crippen LogP) is 3.33. The van der Waals surface area contributed by atoms with Crippen LogP contribution >= 0.6 is 0 Å². The van der Waals surface area contributed by atoms with Crippen molar-refractivity contribution < 1.29 is 8.78 Å². The summed E-state index contributed by atoms with van der Waals surface area (Å²) in [5, 5.41) is 0.242. The number of H-pyrrole nitrogens is 1. The van der Waals surface area contributed by atoms with Crippen LogP contribution in [0.3, 0.4) is 0 Å². The van der Waals surface area contributed by atoms with E-state index < -0.39 is 11.6 Å². The lowest BCUT2D eigenvalue weighted by molar-refractivity contribution is 0.579. The van der Waals surface area contributed by atoms with E-state index in [1.807, 2.05) is 0 Å². The summed E-state index contributed by atoms with van der Waals surface area (Å²) >= 11 is 0. The molecule has 0 aromatic carbocycles. The van der Waals surface area contributed by atoms with Crippen molar-refractivity contribution in [2.24, 2.45) is 0 Å². The average molecular weight is 336 g/mol. The van der Waals surface area contributed by atoms with E-state index in [1.54, 1.807) is 24.5 Å². The zero-order valence-corrected chi connectivity index (χ0v) is 12.7. The molecule has 0 atom stereocenters. The monoisotopic (exact) mass is 336 g/mol. The molecule has 1 N–H and O–H groups in total. The molecule has 0 fully saturated rings. The van der Waals surface area contributed by atoms with Crippen molar-refractivity contribution in [3.8, 4) is 22.4 Å².